The molecule has 3 aliphatic carbocycles. The molecule has 0 bridgehead atoms. The number of carbonyl (C=O) groups excluding carboxylic acids is 2. The van der Waals surface area contributed by atoms with Gasteiger partial charge in [0.1, 0.15) is 16.1 Å². The molecule has 10 nitrogen and oxygen atoms in total. The Kier molecular flexibility index (Phi) is 27.2. The molecule has 3 aromatic heterocycles. The van der Waals surface area contributed by atoms with E-state index in [-0.39, 0.29) is 69.3 Å². The first-order valence-corrected chi connectivity index (χ1v) is 32.8. The van der Waals surface area contributed by atoms with E-state index in [0.717, 1.165) is 37.9 Å². The number of ether oxygens (including phenoxy) is 2. The molecule has 0 atom stereocenters. The second kappa shape index (κ2) is 29.8. The Morgan fingerprint density at radius 3 is 1.26 bits per heavy atom. The molecule has 406 valence electrons. The molecule has 0 saturated heterocycles. The van der Waals surface area contributed by atoms with Gasteiger partial charge in [-0.2, -0.15) is 0 Å². The third kappa shape index (κ3) is 15.9. The molecule has 3 aromatic carbocycles. The molecule has 0 unspecified atom stereocenters. The van der Waals surface area contributed by atoms with E-state index in [1.165, 1.54) is 119 Å². The number of esters is 2. The molecule has 3 heterocycles. The molecule has 0 aliphatic heterocycles. The van der Waals surface area contributed by atoms with E-state index in [4.69, 9.17) is 27.4 Å². The number of aromatic nitrogens is 3. The van der Waals surface area contributed by atoms with Gasteiger partial charge in [0.25, 0.3) is 0 Å². The Bertz CT molecular complexity index is 3110. The third-order valence-electron chi connectivity index (χ3n) is 14.2. The number of carboxylic acids is 1. The molecule has 0 radical (unpaired) electrons. The molecule has 3 aliphatic rings. The fraction of sp³-hybridized carbons (Fsp3) is 0.468. The summed E-state index contributed by atoms with van der Waals surface area (Å²) < 4.78 is 17.1. The molecule has 3 saturated carbocycles. The zero-order chi connectivity index (χ0) is 51.9. The number of carboxylic acid groups (broad SMARTS) is 1. The number of terminal acetylenes is 2. The van der Waals surface area contributed by atoms with Crippen molar-refractivity contribution in [1.82, 2.24) is 13.7 Å². The van der Waals surface area contributed by atoms with Crippen LogP contribution in [0.4, 0.5) is 0 Å². The normalized spacial score (nSPS) is 14.1. The number of benzene rings is 3. The zero-order valence-electron chi connectivity index (χ0n) is 45.2. The third-order valence-corrected chi connectivity index (χ3v) is 16.9. The van der Waals surface area contributed by atoms with E-state index in [0.29, 0.717) is 34.4 Å². The van der Waals surface area contributed by atoms with Gasteiger partial charge in [0.05, 0.1) is 46.9 Å². The van der Waals surface area contributed by atoms with Gasteiger partial charge in [-0.05, 0) is 125 Å². The van der Waals surface area contributed by atoms with Crippen molar-refractivity contribution in [3.63, 3.8) is 0 Å². The van der Waals surface area contributed by atoms with Crippen LogP contribution in [0.25, 0.3) is 32.7 Å². The molecule has 14 heteroatoms. The number of nitrogens with zero attached hydrogens (tertiary/aromatic N) is 3. The van der Waals surface area contributed by atoms with Crippen LogP contribution in [0.3, 0.4) is 0 Å². The predicted octanol–water partition coefficient (Wildman–Crippen LogP) is 13.0. The predicted molar refractivity (Wildman–Crippen MR) is 322 cm³/mol. The van der Waals surface area contributed by atoms with Crippen LogP contribution in [0.2, 0.25) is 39.3 Å². The number of rotatable bonds is 6. The van der Waals surface area contributed by atoms with Gasteiger partial charge in [-0.3, -0.25) is 0 Å². The molecule has 76 heavy (non-hydrogen) atoms. The van der Waals surface area contributed by atoms with Gasteiger partial charge in [-0.25, -0.2) is 14.4 Å². The molecule has 6 aromatic rings. The monoisotopic (exact) mass is 1140 g/mol. The van der Waals surface area contributed by atoms with Crippen molar-refractivity contribution in [2.45, 2.75) is 156 Å². The van der Waals surface area contributed by atoms with Gasteiger partial charge in [0.15, 0.2) is 0 Å². The SMILES string of the molecule is C.C.C.C#C[Si](C)(C)C.C#Cc1c(C2CCCC2)c2ccc(C(=O)O)cc2n1C.COC(=O)c1ccc2c(C3CCCC3)c(Br)n(C)c2c1.COC(=O)c1ccc2c(C3CCCC3)c(C#C[Si](C)(C)C)n(C)c2c1.[Na+].[OH-]. The molecular weight excluding hydrogens is 1060 g/mol. The van der Waals surface area contributed by atoms with Crippen LogP contribution in [0.15, 0.2) is 59.2 Å². The second-order valence-electron chi connectivity index (χ2n) is 21.4. The maximum Gasteiger partial charge on any atom is 1.00 e. The van der Waals surface area contributed by atoms with Gasteiger partial charge in [0, 0.05) is 53.9 Å². The van der Waals surface area contributed by atoms with E-state index >= 15 is 0 Å². The van der Waals surface area contributed by atoms with Crippen LogP contribution in [0, 0.1) is 35.8 Å². The van der Waals surface area contributed by atoms with Crippen LogP contribution in [-0.4, -0.2) is 72.6 Å². The largest absolute Gasteiger partial charge is 1.00 e. The van der Waals surface area contributed by atoms with Crippen LogP contribution in [0.5, 0.6) is 0 Å². The van der Waals surface area contributed by atoms with Gasteiger partial charge in [0.2, 0.25) is 0 Å². The Hall–Kier alpha value is -4.76. The summed E-state index contributed by atoms with van der Waals surface area (Å²) in [7, 11) is 6.29. The maximum atomic E-state index is 11.9. The van der Waals surface area contributed by atoms with E-state index in [9.17, 15) is 14.4 Å². The van der Waals surface area contributed by atoms with Crippen LogP contribution in [0.1, 0.15) is 176 Å². The number of methoxy groups -OCH3 is 2. The first-order valence-electron chi connectivity index (χ1n) is 25.0. The summed E-state index contributed by atoms with van der Waals surface area (Å²) >= 11 is 3.73. The number of carbonyl (C=O) groups is 3. The van der Waals surface area contributed by atoms with Crippen molar-refractivity contribution < 1.29 is 64.0 Å². The number of aromatic carboxylic acids is 1. The zero-order valence-corrected chi connectivity index (χ0v) is 50.8. The number of halogens is 1. The molecule has 9 rings (SSSR count). The summed E-state index contributed by atoms with van der Waals surface area (Å²) in [6.45, 7) is 13.3. The Balaban J connectivity index is 0.000000527. The molecular formula is C62H85BrN3NaO7Si2. The summed E-state index contributed by atoms with van der Waals surface area (Å²) in [5.41, 5.74) is 16.9. The summed E-state index contributed by atoms with van der Waals surface area (Å²) in [4.78, 5) is 34.7. The maximum absolute atomic E-state index is 11.9. The standard InChI is InChI=1S/C21H27NO2Si.C17H17NO2.C16H18BrNO2.C5H10Si.3CH4.Na.H2O/c1-22-18(12-13-25(3,4)5)20(15-8-6-7-9-15)17-11-10-16(14-19(17)22)21(23)24-2;1-3-14-16(11-6-4-5-7-11)13-9-8-12(17(19)20)10-15(13)18(14)2;1-18-13-9-11(16(19)20-2)7-8-12(13)14(15(18)17)10-5-3-4-6-10;1-5-6(2,3)4;;;;;/h10-11,14-15H,6-9H2,1-5H3;1,8-11H,4-7H2,2H3,(H,19,20);7-10H,3-6H2,1-2H3;1H,2-4H3;3*1H4;;1H2/q;;;;;;;+1;/p-1. The first-order chi connectivity index (χ1) is 33.6. The van der Waals surface area contributed by atoms with Gasteiger partial charge < -0.3 is 33.8 Å². The van der Waals surface area contributed by atoms with Crippen molar-refractivity contribution in [2.24, 2.45) is 21.1 Å². The van der Waals surface area contributed by atoms with Crippen molar-refractivity contribution in [2.75, 3.05) is 14.2 Å². The van der Waals surface area contributed by atoms with Crippen molar-refractivity contribution in [3.8, 4) is 35.8 Å². The number of hydrogen-bond acceptors (Lipinski definition) is 6. The van der Waals surface area contributed by atoms with E-state index < -0.39 is 22.1 Å². The number of aryl methyl sites for hydroxylation is 3. The first kappa shape index (κ1) is 69.3. The summed E-state index contributed by atoms with van der Waals surface area (Å²) in [5, 5.41) is 12.7. The van der Waals surface area contributed by atoms with E-state index in [1.54, 1.807) is 12.1 Å². The number of hydrogen-bond donors (Lipinski definition) is 1. The fourth-order valence-corrected chi connectivity index (χ4v) is 11.6. The average molecular weight is 1140 g/mol. The van der Waals surface area contributed by atoms with Gasteiger partial charge in [-0.15, -0.1) is 23.9 Å². The Morgan fingerprint density at radius 2 is 0.908 bits per heavy atom. The molecule has 3 fully saturated rings. The number of fused-ring (bicyclic) bond motifs is 3. The van der Waals surface area contributed by atoms with Gasteiger partial charge >= 0.3 is 47.5 Å². The van der Waals surface area contributed by atoms with E-state index in [2.05, 4.69) is 106 Å². The topological polar surface area (TPSA) is 135 Å². The summed E-state index contributed by atoms with van der Waals surface area (Å²) in [6.07, 6.45) is 25.9. The average Bonchev–Trinajstić information content (AvgIpc) is 4.23. The summed E-state index contributed by atoms with van der Waals surface area (Å²) in [6, 6.07) is 17.0. The molecule has 0 spiro atoms. The van der Waals surface area contributed by atoms with Gasteiger partial charge in [-0.1, -0.05) is 130 Å². The summed E-state index contributed by atoms with van der Waals surface area (Å²) in [5.74, 6) is 6.55. The van der Waals surface area contributed by atoms with Crippen LogP contribution >= 0.6 is 15.9 Å². The second-order valence-corrected chi connectivity index (χ2v) is 31.7. The smallest absolute Gasteiger partial charge is 0.870 e. The minimum atomic E-state index is -1.46. The minimum Gasteiger partial charge on any atom is -0.870 e. The van der Waals surface area contributed by atoms with Crippen molar-refractivity contribution in [3.05, 3.63) is 104 Å². The van der Waals surface area contributed by atoms with Crippen LogP contribution < -0.4 is 29.6 Å². The van der Waals surface area contributed by atoms with Crippen molar-refractivity contribution >= 4 is 82.7 Å². The molecule has 2 N–H and O–H groups in total. The molecule has 0 amide bonds. The fourth-order valence-electron chi connectivity index (χ4n) is 10.4. The van der Waals surface area contributed by atoms with Crippen molar-refractivity contribution in [1.29, 1.82) is 0 Å². The Labute approximate surface area is 488 Å². The minimum absolute atomic E-state index is 0. The Morgan fingerprint density at radius 1 is 0.579 bits per heavy atom. The van der Waals surface area contributed by atoms with Crippen LogP contribution in [-0.2, 0) is 30.6 Å². The quantitative estimate of drug-likeness (QED) is 0.0997. The van der Waals surface area contributed by atoms with E-state index in [1.807, 2.05) is 49.0 Å².